The second-order valence-electron chi connectivity index (χ2n) is 4.83. The second kappa shape index (κ2) is 5.40. The molecule has 0 aliphatic heterocycles. The highest BCUT2D eigenvalue weighted by atomic mass is 16.3. The number of phenolic OH excluding ortho intramolecular Hbond substituents is 1. The number of amides is 1. The number of carbonyl (C=O) groups excluding carboxylic acids is 1. The minimum atomic E-state index is -0.189. The molecule has 0 unspecified atom stereocenters. The van der Waals surface area contributed by atoms with Gasteiger partial charge in [-0.15, -0.1) is 0 Å². The van der Waals surface area contributed by atoms with Crippen molar-refractivity contribution in [1.29, 1.82) is 0 Å². The molecule has 0 heterocycles. The molecule has 1 aromatic carbocycles. The lowest BCUT2D eigenvalue weighted by Gasteiger charge is -2.37. The third-order valence-corrected chi connectivity index (χ3v) is 3.50. The van der Waals surface area contributed by atoms with Crippen molar-refractivity contribution in [3.8, 4) is 5.75 Å². The largest absolute Gasteiger partial charge is 0.507 e. The quantitative estimate of drug-likeness (QED) is 0.853. The lowest BCUT2D eigenvalue weighted by molar-refractivity contribution is 0.0523. The van der Waals surface area contributed by atoms with Crippen LogP contribution in [0.3, 0.4) is 0 Å². The van der Waals surface area contributed by atoms with Crippen molar-refractivity contribution >= 4 is 5.91 Å². The van der Waals surface area contributed by atoms with E-state index in [1.54, 1.807) is 17.0 Å². The van der Waals surface area contributed by atoms with Gasteiger partial charge in [0.15, 0.2) is 0 Å². The highest BCUT2D eigenvalue weighted by molar-refractivity contribution is 5.97. The Hall–Kier alpha value is -1.55. The van der Waals surface area contributed by atoms with Gasteiger partial charge >= 0.3 is 0 Å². The first-order valence-corrected chi connectivity index (χ1v) is 6.35. The first-order chi connectivity index (χ1) is 8.63. The van der Waals surface area contributed by atoms with Crippen LogP contribution in [0.4, 0.5) is 0 Å². The van der Waals surface area contributed by atoms with Gasteiger partial charge in [-0.25, -0.2) is 0 Å². The van der Waals surface area contributed by atoms with Crippen LogP contribution >= 0.6 is 0 Å². The van der Waals surface area contributed by atoms with E-state index in [0.717, 1.165) is 24.8 Å². The highest BCUT2D eigenvalue weighted by Crippen LogP contribution is 2.28. The molecule has 4 nitrogen and oxygen atoms in total. The maximum Gasteiger partial charge on any atom is 0.257 e. The molecule has 18 heavy (non-hydrogen) atoms. The average molecular weight is 249 g/mol. The molecule has 1 amide bonds. The number of aliphatic hydroxyl groups excluding tert-OH is 1. The Morgan fingerprint density at radius 3 is 2.67 bits per heavy atom. The molecule has 0 saturated heterocycles. The van der Waals surface area contributed by atoms with Crippen LogP contribution in [0.2, 0.25) is 0 Å². The SMILES string of the molecule is Cc1ccc(C(=O)N(CCO)C2CCC2)c(O)c1. The molecule has 0 atom stereocenters. The Morgan fingerprint density at radius 1 is 1.44 bits per heavy atom. The number of phenols is 1. The van der Waals surface area contributed by atoms with E-state index in [9.17, 15) is 9.90 Å². The normalized spacial score (nSPS) is 15.2. The van der Waals surface area contributed by atoms with Gasteiger partial charge in [0.2, 0.25) is 0 Å². The molecule has 2 rings (SSSR count). The maximum atomic E-state index is 12.4. The molecule has 1 fully saturated rings. The predicted molar refractivity (Wildman–Crippen MR) is 68.6 cm³/mol. The van der Waals surface area contributed by atoms with Crippen molar-refractivity contribution in [1.82, 2.24) is 4.90 Å². The first kappa shape index (κ1) is 12.9. The summed E-state index contributed by atoms with van der Waals surface area (Å²) in [5, 5.41) is 18.9. The van der Waals surface area contributed by atoms with Crippen LogP contribution in [0, 0.1) is 6.92 Å². The summed E-state index contributed by atoms with van der Waals surface area (Å²) >= 11 is 0. The van der Waals surface area contributed by atoms with Gasteiger partial charge in [-0.2, -0.15) is 0 Å². The zero-order valence-electron chi connectivity index (χ0n) is 10.6. The number of hydrogen-bond donors (Lipinski definition) is 2. The third kappa shape index (κ3) is 2.48. The van der Waals surface area contributed by atoms with Crippen molar-refractivity contribution in [2.75, 3.05) is 13.2 Å². The van der Waals surface area contributed by atoms with Crippen LogP contribution in [0.1, 0.15) is 35.2 Å². The number of carbonyl (C=O) groups is 1. The summed E-state index contributed by atoms with van der Waals surface area (Å²) in [5.41, 5.74) is 1.24. The molecule has 4 heteroatoms. The average Bonchev–Trinajstić information content (AvgIpc) is 2.25. The van der Waals surface area contributed by atoms with Crippen molar-refractivity contribution < 1.29 is 15.0 Å². The predicted octanol–water partition coefficient (Wildman–Crippen LogP) is 1.69. The zero-order valence-corrected chi connectivity index (χ0v) is 10.6. The Bertz CT molecular complexity index is 441. The number of aryl methyl sites for hydroxylation is 1. The molecular weight excluding hydrogens is 230 g/mol. The van der Waals surface area contributed by atoms with Crippen molar-refractivity contribution in [2.45, 2.75) is 32.2 Å². The van der Waals surface area contributed by atoms with Gasteiger partial charge in [-0.1, -0.05) is 6.07 Å². The summed E-state index contributed by atoms with van der Waals surface area (Å²) in [6.45, 7) is 2.15. The van der Waals surface area contributed by atoms with E-state index in [0.29, 0.717) is 12.1 Å². The van der Waals surface area contributed by atoms with Gasteiger partial charge in [-0.05, 0) is 43.9 Å². The molecular formula is C14H19NO3. The van der Waals surface area contributed by atoms with Crippen LogP contribution < -0.4 is 0 Å². The fourth-order valence-corrected chi connectivity index (χ4v) is 2.23. The van der Waals surface area contributed by atoms with Crippen molar-refractivity contribution in [3.05, 3.63) is 29.3 Å². The van der Waals surface area contributed by atoms with E-state index in [2.05, 4.69) is 0 Å². The summed E-state index contributed by atoms with van der Waals surface area (Å²) in [6.07, 6.45) is 3.09. The number of hydrogen-bond acceptors (Lipinski definition) is 3. The van der Waals surface area contributed by atoms with Crippen LogP contribution in [0.25, 0.3) is 0 Å². The summed E-state index contributed by atoms with van der Waals surface area (Å²) in [7, 11) is 0. The summed E-state index contributed by atoms with van der Waals surface area (Å²) < 4.78 is 0. The van der Waals surface area contributed by atoms with Gasteiger partial charge in [-0.3, -0.25) is 4.79 Å². The lowest BCUT2D eigenvalue weighted by atomic mass is 9.91. The van der Waals surface area contributed by atoms with Gasteiger partial charge in [0.25, 0.3) is 5.91 Å². The standard InChI is InChI=1S/C14H19NO3/c1-10-5-6-12(13(17)9-10)14(18)15(7-8-16)11-3-2-4-11/h5-6,9,11,16-17H,2-4,7-8H2,1H3. The van der Waals surface area contributed by atoms with Gasteiger partial charge in [0, 0.05) is 12.6 Å². The van der Waals surface area contributed by atoms with E-state index >= 15 is 0 Å². The zero-order chi connectivity index (χ0) is 13.1. The van der Waals surface area contributed by atoms with Crippen LogP contribution in [0.15, 0.2) is 18.2 Å². The molecule has 0 bridgehead atoms. The molecule has 1 aromatic rings. The Morgan fingerprint density at radius 2 is 2.17 bits per heavy atom. The lowest BCUT2D eigenvalue weighted by Crippen LogP contribution is -2.45. The number of rotatable bonds is 4. The van der Waals surface area contributed by atoms with Crippen LogP contribution in [-0.4, -0.2) is 40.2 Å². The van der Waals surface area contributed by atoms with E-state index in [4.69, 9.17) is 5.11 Å². The monoisotopic (exact) mass is 249 g/mol. The fraction of sp³-hybridized carbons (Fsp3) is 0.500. The molecule has 0 spiro atoms. The van der Waals surface area contributed by atoms with Crippen molar-refractivity contribution in [3.63, 3.8) is 0 Å². The molecule has 0 aromatic heterocycles. The fourth-order valence-electron chi connectivity index (χ4n) is 2.23. The second-order valence-corrected chi connectivity index (χ2v) is 4.83. The van der Waals surface area contributed by atoms with E-state index in [1.165, 1.54) is 0 Å². The smallest absolute Gasteiger partial charge is 0.257 e. The van der Waals surface area contributed by atoms with Gasteiger partial charge < -0.3 is 15.1 Å². The molecule has 2 N–H and O–H groups in total. The number of aliphatic hydroxyl groups is 1. The number of nitrogens with zero attached hydrogens (tertiary/aromatic N) is 1. The minimum absolute atomic E-state index is 0.0160. The minimum Gasteiger partial charge on any atom is -0.507 e. The topological polar surface area (TPSA) is 60.8 Å². The Kier molecular flexibility index (Phi) is 3.87. The van der Waals surface area contributed by atoms with Crippen LogP contribution in [-0.2, 0) is 0 Å². The molecule has 1 aliphatic carbocycles. The third-order valence-electron chi connectivity index (χ3n) is 3.50. The Balaban J connectivity index is 2.21. The molecule has 98 valence electrons. The highest BCUT2D eigenvalue weighted by Gasteiger charge is 2.29. The van der Waals surface area contributed by atoms with Gasteiger partial charge in [0.05, 0.1) is 12.2 Å². The Labute approximate surface area is 107 Å². The number of aromatic hydroxyl groups is 1. The maximum absolute atomic E-state index is 12.4. The van der Waals surface area contributed by atoms with E-state index < -0.39 is 0 Å². The summed E-state index contributed by atoms with van der Waals surface area (Å²) in [4.78, 5) is 14.0. The van der Waals surface area contributed by atoms with Gasteiger partial charge in [0.1, 0.15) is 5.75 Å². The first-order valence-electron chi connectivity index (χ1n) is 6.35. The molecule has 0 radical (unpaired) electrons. The van der Waals surface area contributed by atoms with Crippen LogP contribution in [0.5, 0.6) is 5.75 Å². The summed E-state index contributed by atoms with van der Waals surface area (Å²) in [5.74, 6) is -0.173. The molecule has 1 saturated carbocycles. The summed E-state index contributed by atoms with van der Waals surface area (Å²) in [6, 6.07) is 5.26. The van der Waals surface area contributed by atoms with E-state index in [1.807, 2.05) is 13.0 Å². The number of benzene rings is 1. The van der Waals surface area contributed by atoms with Crippen molar-refractivity contribution in [2.24, 2.45) is 0 Å². The molecule has 1 aliphatic rings. The van der Waals surface area contributed by atoms with E-state index in [-0.39, 0.29) is 24.3 Å².